The number of carbonyl (C=O) groups excluding carboxylic acids is 1. The molecule has 0 unspecified atom stereocenters. The second-order valence-corrected chi connectivity index (χ2v) is 8.17. The van der Waals surface area contributed by atoms with Crippen LogP contribution in [-0.2, 0) is 4.79 Å². The molecule has 5 rings (SSSR count). The van der Waals surface area contributed by atoms with Gasteiger partial charge in [-0.25, -0.2) is 9.97 Å². The molecule has 1 amide bonds. The Hall–Kier alpha value is -4.92. The molecule has 0 spiro atoms. The molecule has 0 bridgehead atoms. The zero-order valence-electron chi connectivity index (χ0n) is 19.9. The fourth-order valence-corrected chi connectivity index (χ4v) is 3.95. The molecular formula is C27H24N8O. The number of amides is 1. The Bertz CT molecular complexity index is 1600. The Morgan fingerprint density at radius 1 is 1.14 bits per heavy atom. The van der Waals surface area contributed by atoms with Crippen molar-refractivity contribution in [1.29, 1.82) is 0 Å². The number of hydrogen-bond donors (Lipinski definition) is 3. The lowest BCUT2D eigenvalue weighted by atomic mass is 10.0. The number of nitrogens with one attached hydrogen (secondary N) is 3. The molecule has 9 heteroatoms. The SMILES string of the molecule is C=C/C=C(/c1cccnc1)c1nc(-c2[nH]nc3ncc(-c4cncc(NC(=O)CC)c4)cc23)[nH]c1C. The monoisotopic (exact) mass is 476 g/mol. The van der Waals surface area contributed by atoms with Gasteiger partial charge in [0.05, 0.1) is 23.0 Å². The van der Waals surface area contributed by atoms with Gasteiger partial charge in [0.1, 0.15) is 5.69 Å². The van der Waals surface area contributed by atoms with Crippen molar-refractivity contribution >= 4 is 28.2 Å². The van der Waals surface area contributed by atoms with Crippen LogP contribution in [0.1, 0.15) is 30.3 Å². The largest absolute Gasteiger partial charge is 0.340 e. The third kappa shape index (κ3) is 4.41. The van der Waals surface area contributed by atoms with E-state index in [1.54, 1.807) is 44.0 Å². The molecule has 178 valence electrons. The highest BCUT2D eigenvalue weighted by Gasteiger charge is 2.18. The van der Waals surface area contributed by atoms with Crippen LogP contribution < -0.4 is 5.32 Å². The Labute approximate surface area is 207 Å². The van der Waals surface area contributed by atoms with Crippen molar-refractivity contribution in [2.24, 2.45) is 0 Å². The van der Waals surface area contributed by atoms with E-state index in [-0.39, 0.29) is 5.91 Å². The molecule has 36 heavy (non-hydrogen) atoms. The number of anilines is 1. The number of aromatic nitrogens is 7. The third-order valence-electron chi connectivity index (χ3n) is 5.72. The highest BCUT2D eigenvalue weighted by molar-refractivity contribution is 5.94. The van der Waals surface area contributed by atoms with Crippen molar-refractivity contribution in [3.05, 3.63) is 90.9 Å². The van der Waals surface area contributed by atoms with Crippen LogP contribution in [0.4, 0.5) is 5.69 Å². The van der Waals surface area contributed by atoms with Gasteiger partial charge in [-0.05, 0) is 25.1 Å². The number of nitrogens with zero attached hydrogens (tertiary/aromatic N) is 5. The van der Waals surface area contributed by atoms with Crippen molar-refractivity contribution in [1.82, 2.24) is 35.1 Å². The first-order valence-electron chi connectivity index (χ1n) is 11.5. The van der Waals surface area contributed by atoms with E-state index in [1.165, 1.54) is 0 Å². The third-order valence-corrected chi connectivity index (χ3v) is 5.72. The zero-order chi connectivity index (χ0) is 25.1. The van der Waals surface area contributed by atoms with E-state index in [0.717, 1.165) is 44.7 Å². The molecule has 3 N–H and O–H groups in total. The van der Waals surface area contributed by atoms with Crippen molar-refractivity contribution < 1.29 is 4.79 Å². The quantitative estimate of drug-likeness (QED) is 0.281. The Morgan fingerprint density at radius 3 is 2.78 bits per heavy atom. The van der Waals surface area contributed by atoms with Crippen molar-refractivity contribution in [3.63, 3.8) is 0 Å². The van der Waals surface area contributed by atoms with Gasteiger partial charge in [-0.2, -0.15) is 5.10 Å². The molecular weight excluding hydrogens is 452 g/mol. The number of H-pyrrole nitrogens is 2. The van der Waals surface area contributed by atoms with E-state index in [1.807, 2.05) is 37.3 Å². The summed E-state index contributed by atoms with van der Waals surface area (Å²) in [5.74, 6) is 0.574. The van der Waals surface area contributed by atoms with E-state index in [2.05, 4.69) is 42.0 Å². The number of pyridine rings is 3. The molecule has 0 fully saturated rings. The summed E-state index contributed by atoms with van der Waals surface area (Å²) in [5.41, 5.74) is 7.16. The van der Waals surface area contributed by atoms with Gasteiger partial charge in [0.2, 0.25) is 5.91 Å². The predicted molar refractivity (Wildman–Crippen MR) is 140 cm³/mol. The summed E-state index contributed by atoms with van der Waals surface area (Å²) in [6, 6.07) is 7.74. The van der Waals surface area contributed by atoms with Gasteiger partial charge >= 0.3 is 0 Å². The maximum atomic E-state index is 11.8. The minimum atomic E-state index is -0.0696. The molecule has 0 radical (unpaired) electrons. The molecule has 5 heterocycles. The molecule has 0 aliphatic heterocycles. The topological polar surface area (TPSA) is 125 Å². The highest BCUT2D eigenvalue weighted by atomic mass is 16.1. The van der Waals surface area contributed by atoms with E-state index in [9.17, 15) is 4.79 Å². The summed E-state index contributed by atoms with van der Waals surface area (Å²) < 4.78 is 0. The maximum Gasteiger partial charge on any atom is 0.224 e. The molecule has 0 atom stereocenters. The van der Waals surface area contributed by atoms with Crippen molar-refractivity contribution in [2.75, 3.05) is 5.32 Å². The molecule has 0 aliphatic rings. The number of rotatable bonds is 7. The second kappa shape index (κ2) is 9.75. The van der Waals surface area contributed by atoms with E-state index in [0.29, 0.717) is 23.6 Å². The van der Waals surface area contributed by atoms with E-state index >= 15 is 0 Å². The standard InChI is InChI=1S/C27H24N8O/c1-4-7-21(17-8-6-9-28-12-17)24-16(3)31-27(33-24)25-22-11-19(14-30-26(22)35-34-25)18-10-20(15-29-13-18)32-23(36)5-2/h4,6-15H,1,5H2,2-3H3,(H,31,33)(H,32,36)(H,30,34,35)/b21-7-. The number of allylic oxidation sites excluding steroid dienone is 2. The lowest BCUT2D eigenvalue weighted by molar-refractivity contribution is -0.115. The summed E-state index contributed by atoms with van der Waals surface area (Å²) >= 11 is 0. The normalized spacial score (nSPS) is 11.6. The molecule has 0 saturated carbocycles. The number of hydrogen-bond acceptors (Lipinski definition) is 6. The van der Waals surface area contributed by atoms with Gasteiger partial charge in [-0.1, -0.05) is 31.7 Å². The zero-order valence-corrected chi connectivity index (χ0v) is 19.9. The first-order chi connectivity index (χ1) is 17.6. The Kier molecular flexibility index (Phi) is 6.19. The maximum absolute atomic E-state index is 11.8. The Morgan fingerprint density at radius 2 is 2.00 bits per heavy atom. The molecule has 9 nitrogen and oxygen atoms in total. The lowest BCUT2D eigenvalue weighted by Crippen LogP contribution is -2.09. The first kappa shape index (κ1) is 22.9. The summed E-state index contributed by atoms with van der Waals surface area (Å²) in [4.78, 5) is 33.1. The second-order valence-electron chi connectivity index (χ2n) is 8.17. The average Bonchev–Trinajstić information content (AvgIpc) is 3.50. The smallest absolute Gasteiger partial charge is 0.224 e. The number of fused-ring (bicyclic) bond motifs is 1. The van der Waals surface area contributed by atoms with Gasteiger partial charge in [-0.15, -0.1) is 0 Å². The number of aromatic amines is 2. The van der Waals surface area contributed by atoms with Crippen LogP contribution in [0, 0.1) is 6.92 Å². The average molecular weight is 477 g/mol. The molecule has 5 aromatic heterocycles. The number of carbonyl (C=O) groups is 1. The van der Waals surface area contributed by atoms with Crippen LogP contribution in [-0.4, -0.2) is 41.0 Å². The first-order valence-corrected chi connectivity index (χ1v) is 11.5. The van der Waals surface area contributed by atoms with Gasteiger partial charge in [-0.3, -0.25) is 19.9 Å². The lowest BCUT2D eigenvalue weighted by Gasteiger charge is -2.06. The van der Waals surface area contributed by atoms with Crippen LogP contribution in [0.2, 0.25) is 0 Å². The fraction of sp³-hybridized carbons (Fsp3) is 0.111. The van der Waals surface area contributed by atoms with Crippen molar-refractivity contribution in [3.8, 4) is 22.6 Å². The van der Waals surface area contributed by atoms with Gasteiger partial charge in [0.15, 0.2) is 11.5 Å². The minimum absolute atomic E-state index is 0.0696. The highest BCUT2D eigenvalue weighted by Crippen LogP contribution is 2.31. The number of aryl methyl sites for hydroxylation is 1. The summed E-state index contributed by atoms with van der Waals surface area (Å²) in [7, 11) is 0. The summed E-state index contributed by atoms with van der Waals surface area (Å²) in [6.45, 7) is 7.64. The van der Waals surface area contributed by atoms with Crippen LogP contribution in [0.3, 0.4) is 0 Å². The molecule has 0 saturated heterocycles. The molecule has 0 aliphatic carbocycles. The fourth-order valence-electron chi connectivity index (χ4n) is 3.95. The van der Waals surface area contributed by atoms with Crippen LogP contribution in [0.5, 0.6) is 0 Å². The van der Waals surface area contributed by atoms with Crippen LogP contribution in [0.15, 0.2) is 74.0 Å². The van der Waals surface area contributed by atoms with Crippen molar-refractivity contribution in [2.45, 2.75) is 20.3 Å². The minimum Gasteiger partial charge on any atom is -0.340 e. The van der Waals surface area contributed by atoms with Gasteiger partial charge in [0, 0.05) is 59.2 Å². The molecule has 5 aromatic rings. The van der Waals surface area contributed by atoms with Crippen LogP contribution in [0.25, 0.3) is 39.3 Å². The Balaban J connectivity index is 1.55. The van der Waals surface area contributed by atoms with E-state index in [4.69, 9.17) is 4.98 Å². The predicted octanol–water partition coefficient (Wildman–Crippen LogP) is 5.08. The van der Waals surface area contributed by atoms with E-state index < -0.39 is 0 Å². The summed E-state index contributed by atoms with van der Waals surface area (Å²) in [6.07, 6.45) is 12.7. The van der Waals surface area contributed by atoms with Gasteiger partial charge in [0.25, 0.3) is 0 Å². The summed E-state index contributed by atoms with van der Waals surface area (Å²) in [5, 5.41) is 11.1. The number of imidazole rings is 1. The van der Waals surface area contributed by atoms with Gasteiger partial charge < -0.3 is 10.3 Å². The van der Waals surface area contributed by atoms with Crippen LogP contribution >= 0.6 is 0 Å². The molecule has 0 aromatic carbocycles.